The molecule has 112 valence electrons. The fourth-order valence-electron chi connectivity index (χ4n) is 2.68. The molecule has 1 aliphatic heterocycles. The summed E-state index contributed by atoms with van der Waals surface area (Å²) in [6.45, 7) is 0.691. The van der Waals surface area contributed by atoms with E-state index in [4.69, 9.17) is 10.2 Å². The highest BCUT2D eigenvalue weighted by Gasteiger charge is 2.24. The Hall–Kier alpha value is -2.73. The lowest BCUT2D eigenvalue weighted by Crippen LogP contribution is -2.23. The van der Waals surface area contributed by atoms with E-state index in [0.29, 0.717) is 13.0 Å². The first-order valence-corrected chi connectivity index (χ1v) is 7.25. The van der Waals surface area contributed by atoms with Gasteiger partial charge in [0.2, 0.25) is 5.88 Å². The molecule has 0 saturated carbocycles. The summed E-state index contributed by atoms with van der Waals surface area (Å²) >= 11 is 0. The van der Waals surface area contributed by atoms with Gasteiger partial charge in [-0.3, -0.25) is 5.43 Å². The number of nitrogens with zero attached hydrogens (tertiary/aromatic N) is 2. The van der Waals surface area contributed by atoms with Crippen LogP contribution in [-0.4, -0.2) is 9.97 Å². The monoisotopic (exact) mass is 295 g/mol. The molecule has 4 N–H and O–H groups in total. The van der Waals surface area contributed by atoms with E-state index in [0.717, 1.165) is 28.8 Å². The highest BCUT2D eigenvalue weighted by molar-refractivity contribution is 5.56. The van der Waals surface area contributed by atoms with Gasteiger partial charge < -0.3 is 15.1 Å². The number of aromatic amines is 1. The van der Waals surface area contributed by atoms with Crippen molar-refractivity contribution in [3.8, 4) is 0 Å². The van der Waals surface area contributed by atoms with Crippen molar-refractivity contribution in [2.75, 3.05) is 10.4 Å². The number of aromatic nitrogens is 2. The van der Waals surface area contributed by atoms with Crippen LogP contribution in [-0.2, 0) is 13.0 Å². The predicted octanol–water partition coefficient (Wildman–Crippen LogP) is 2.59. The number of rotatable bonds is 4. The van der Waals surface area contributed by atoms with E-state index in [1.165, 1.54) is 0 Å². The van der Waals surface area contributed by atoms with Gasteiger partial charge in [-0.15, -0.1) is 0 Å². The maximum Gasteiger partial charge on any atom is 0.214 e. The summed E-state index contributed by atoms with van der Waals surface area (Å²) in [5.74, 6) is 2.51. The summed E-state index contributed by atoms with van der Waals surface area (Å²) in [7, 11) is 0. The van der Waals surface area contributed by atoms with Gasteiger partial charge in [-0.25, -0.2) is 9.99 Å². The van der Waals surface area contributed by atoms with E-state index in [1.807, 2.05) is 47.5 Å². The number of hydrogen-bond donors (Lipinski definition) is 3. The summed E-state index contributed by atoms with van der Waals surface area (Å²) in [5, 5.41) is 1.91. The summed E-state index contributed by atoms with van der Waals surface area (Å²) in [5.41, 5.74) is 11.6. The maximum absolute atomic E-state index is 6.24. The Morgan fingerprint density at radius 1 is 1.23 bits per heavy atom. The van der Waals surface area contributed by atoms with Gasteiger partial charge in [-0.1, -0.05) is 30.3 Å². The van der Waals surface area contributed by atoms with E-state index >= 15 is 0 Å². The Bertz CT molecular complexity index is 727. The predicted molar refractivity (Wildman–Crippen MR) is 84.2 cm³/mol. The molecule has 1 aliphatic rings. The zero-order valence-corrected chi connectivity index (χ0v) is 12.0. The molecule has 2 aromatic heterocycles. The molecule has 6 heteroatoms. The molecular formula is C16H17N5O. The molecule has 6 nitrogen and oxygen atoms in total. The molecule has 3 aromatic rings. The molecule has 0 fully saturated rings. The van der Waals surface area contributed by atoms with Gasteiger partial charge in [0, 0.05) is 18.5 Å². The average Bonchev–Trinajstić information content (AvgIpc) is 3.23. The van der Waals surface area contributed by atoms with Crippen molar-refractivity contribution >= 4 is 11.7 Å². The van der Waals surface area contributed by atoms with Crippen LogP contribution in [0.4, 0.5) is 11.7 Å². The van der Waals surface area contributed by atoms with Crippen LogP contribution >= 0.6 is 0 Å². The standard InChI is InChI=1S/C16H17N5O/c17-12(11-5-2-1-3-6-11)9-14-18-13-10-21(20-16(13)19-14)15-7-4-8-22-15/h1-8,12,20H,9-10,17H2,(H,18,19). The van der Waals surface area contributed by atoms with Crippen molar-refractivity contribution in [3.63, 3.8) is 0 Å². The summed E-state index contributed by atoms with van der Waals surface area (Å²) < 4.78 is 5.37. The van der Waals surface area contributed by atoms with Crippen molar-refractivity contribution in [2.45, 2.75) is 19.0 Å². The molecule has 1 atom stereocenters. The largest absolute Gasteiger partial charge is 0.447 e. The van der Waals surface area contributed by atoms with Crippen molar-refractivity contribution in [2.24, 2.45) is 5.73 Å². The van der Waals surface area contributed by atoms with Crippen molar-refractivity contribution in [1.29, 1.82) is 0 Å². The van der Waals surface area contributed by atoms with Crippen LogP contribution in [0.25, 0.3) is 0 Å². The number of benzene rings is 1. The van der Waals surface area contributed by atoms with Gasteiger partial charge in [0.05, 0.1) is 18.5 Å². The van der Waals surface area contributed by atoms with Gasteiger partial charge in [0.15, 0.2) is 5.82 Å². The number of fused-ring (bicyclic) bond motifs is 1. The fraction of sp³-hybridized carbons (Fsp3) is 0.188. The quantitative estimate of drug-likeness (QED) is 0.689. The van der Waals surface area contributed by atoms with Crippen LogP contribution < -0.4 is 16.2 Å². The van der Waals surface area contributed by atoms with E-state index in [-0.39, 0.29) is 6.04 Å². The normalized spacial score (nSPS) is 14.7. The van der Waals surface area contributed by atoms with Gasteiger partial charge >= 0.3 is 0 Å². The first-order valence-electron chi connectivity index (χ1n) is 7.25. The van der Waals surface area contributed by atoms with Gasteiger partial charge in [-0.05, 0) is 11.6 Å². The first kappa shape index (κ1) is 13.0. The summed E-state index contributed by atoms with van der Waals surface area (Å²) in [6.07, 6.45) is 2.33. The number of nitrogens with one attached hydrogen (secondary N) is 2. The second-order valence-electron chi connectivity index (χ2n) is 5.38. The zero-order valence-electron chi connectivity index (χ0n) is 12.0. The molecule has 4 rings (SSSR count). The minimum absolute atomic E-state index is 0.0614. The van der Waals surface area contributed by atoms with E-state index in [2.05, 4.69) is 15.4 Å². The third-order valence-corrected chi connectivity index (χ3v) is 3.80. The average molecular weight is 295 g/mol. The SMILES string of the molecule is NC(Cc1nc2c([nH]1)CN(c1ccco1)N2)c1ccccc1. The molecule has 1 unspecified atom stereocenters. The van der Waals surface area contributed by atoms with Crippen LogP contribution in [0.2, 0.25) is 0 Å². The minimum atomic E-state index is -0.0614. The molecule has 1 aromatic carbocycles. The number of nitrogens with two attached hydrogens (primary N) is 1. The highest BCUT2D eigenvalue weighted by atomic mass is 16.3. The van der Waals surface area contributed by atoms with Crippen LogP contribution in [0, 0.1) is 0 Å². The second-order valence-corrected chi connectivity index (χ2v) is 5.38. The Labute approximate surface area is 127 Å². The number of H-pyrrole nitrogens is 1. The highest BCUT2D eigenvalue weighted by Crippen LogP contribution is 2.28. The molecule has 0 saturated heterocycles. The lowest BCUT2D eigenvalue weighted by atomic mass is 10.0. The van der Waals surface area contributed by atoms with Crippen LogP contribution in [0.15, 0.2) is 53.1 Å². The lowest BCUT2D eigenvalue weighted by Gasteiger charge is -2.15. The molecule has 0 radical (unpaired) electrons. The molecular weight excluding hydrogens is 278 g/mol. The number of furan rings is 1. The number of hydrazine groups is 1. The molecule has 3 heterocycles. The Morgan fingerprint density at radius 2 is 2.09 bits per heavy atom. The Morgan fingerprint density at radius 3 is 2.82 bits per heavy atom. The summed E-state index contributed by atoms with van der Waals surface area (Å²) in [4.78, 5) is 7.94. The Kier molecular flexibility index (Phi) is 3.08. The smallest absolute Gasteiger partial charge is 0.214 e. The number of imidazole rings is 1. The van der Waals surface area contributed by atoms with Crippen LogP contribution in [0.5, 0.6) is 0 Å². The van der Waals surface area contributed by atoms with E-state index in [9.17, 15) is 0 Å². The zero-order chi connectivity index (χ0) is 14.9. The topological polar surface area (TPSA) is 83.1 Å². The summed E-state index contributed by atoms with van der Waals surface area (Å²) in [6, 6.07) is 13.8. The maximum atomic E-state index is 6.24. The van der Waals surface area contributed by atoms with E-state index in [1.54, 1.807) is 6.26 Å². The van der Waals surface area contributed by atoms with Gasteiger partial charge in [0.25, 0.3) is 0 Å². The van der Waals surface area contributed by atoms with Gasteiger partial charge in [0.1, 0.15) is 5.82 Å². The Balaban J connectivity index is 1.46. The van der Waals surface area contributed by atoms with Crippen molar-refractivity contribution in [3.05, 3.63) is 65.8 Å². The molecule has 22 heavy (non-hydrogen) atoms. The van der Waals surface area contributed by atoms with Gasteiger partial charge in [-0.2, -0.15) is 0 Å². The molecule has 0 aliphatic carbocycles. The lowest BCUT2D eigenvalue weighted by molar-refractivity contribution is 0.556. The third-order valence-electron chi connectivity index (χ3n) is 3.80. The number of hydrogen-bond acceptors (Lipinski definition) is 5. The number of anilines is 2. The third kappa shape index (κ3) is 2.33. The van der Waals surface area contributed by atoms with Crippen molar-refractivity contribution < 1.29 is 4.42 Å². The van der Waals surface area contributed by atoms with Crippen LogP contribution in [0.1, 0.15) is 23.1 Å². The second kappa shape index (κ2) is 5.23. The van der Waals surface area contributed by atoms with E-state index < -0.39 is 0 Å². The first-order chi connectivity index (χ1) is 10.8. The molecule has 0 spiro atoms. The molecule has 0 amide bonds. The fourth-order valence-corrected chi connectivity index (χ4v) is 2.68. The van der Waals surface area contributed by atoms with Crippen molar-refractivity contribution in [1.82, 2.24) is 9.97 Å². The molecule has 0 bridgehead atoms. The van der Waals surface area contributed by atoms with Crippen LogP contribution in [0.3, 0.4) is 0 Å². The minimum Gasteiger partial charge on any atom is -0.447 e.